The van der Waals surface area contributed by atoms with Crippen LogP contribution in [0.4, 0.5) is 5.69 Å². The van der Waals surface area contributed by atoms with Crippen molar-refractivity contribution in [2.24, 2.45) is 4.99 Å². The number of Topliss-reactive ketones (excluding diaryl/α,β-unsaturated/α-hetero) is 1. The Hall–Kier alpha value is -2.72. The van der Waals surface area contributed by atoms with Gasteiger partial charge in [0.2, 0.25) is 0 Å². The molecule has 1 aliphatic carbocycles. The van der Waals surface area contributed by atoms with Gasteiger partial charge in [0.1, 0.15) is 5.76 Å². The second-order valence-corrected chi connectivity index (χ2v) is 7.86. The second kappa shape index (κ2) is 8.11. The lowest BCUT2D eigenvalue weighted by molar-refractivity contribution is -0.115. The number of hydrogen-bond acceptors (Lipinski definition) is 3. The van der Waals surface area contributed by atoms with Gasteiger partial charge in [-0.1, -0.05) is 58.4 Å². The summed E-state index contributed by atoms with van der Waals surface area (Å²) in [7, 11) is 0. The van der Waals surface area contributed by atoms with Crippen molar-refractivity contribution in [2.45, 2.75) is 25.7 Å². The summed E-state index contributed by atoms with van der Waals surface area (Å²) < 4.78 is 0.978. The van der Waals surface area contributed by atoms with E-state index in [2.05, 4.69) is 33.1 Å². The summed E-state index contributed by atoms with van der Waals surface area (Å²) in [5, 5.41) is 13.1. The Balaban J connectivity index is 1.74. The van der Waals surface area contributed by atoms with Crippen LogP contribution in [0.2, 0.25) is 0 Å². The molecule has 0 unspecified atom stereocenters. The van der Waals surface area contributed by atoms with Gasteiger partial charge in [0, 0.05) is 17.3 Å². The predicted molar refractivity (Wildman–Crippen MR) is 117 cm³/mol. The van der Waals surface area contributed by atoms with Gasteiger partial charge in [-0.2, -0.15) is 0 Å². The molecule has 4 heteroatoms. The Kier molecular flexibility index (Phi) is 5.40. The van der Waals surface area contributed by atoms with Gasteiger partial charge in [0.25, 0.3) is 0 Å². The highest BCUT2D eigenvalue weighted by atomic mass is 79.9. The number of carbonyl (C=O) groups excluding carboxylic acids is 1. The van der Waals surface area contributed by atoms with Crippen LogP contribution in [-0.2, 0) is 11.2 Å². The molecule has 0 bridgehead atoms. The molecule has 4 rings (SSSR count). The van der Waals surface area contributed by atoms with E-state index in [0.717, 1.165) is 32.9 Å². The van der Waals surface area contributed by atoms with Gasteiger partial charge >= 0.3 is 0 Å². The van der Waals surface area contributed by atoms with Crippen molar-refractivity contribution in [1.82, 2.24) is 0 Å². The van der Waals surface area contributed by atoms with Crippen LogP contribution in [0.15, 0.2) is 87.5 Å². The third kappa shape index (κ3) is 3.92. The zero-order chi connectivity index (χ0) is 19.5. The molecule has 3 nitrogen and oxygen atoms in total. The number of hydrogen-bond donors (Lipinski definition) is 1. The van der Waals surface area contributed by atoms with Gasteiger partial charge in [-0.05, 0) is 53.4 Å². The van der Waals surface area contributed by atoms with Crippen molar-refractivity contribution in [3.05, 3.63) is 88.1 Å². The largest absolute Gasteiger partial charge is 0.511 e. The lowest BCUT2D eigenvalue weighted by Gasteiger charge is -2.18. The van der Waals surface area contributed by atoms with E-state index >= 15 is 0 Å². The average Bonchev–Trinajstić information content (AvgIpc) is 2.70. The molecule has 0 atom stereocenters. The molecule has 3 aromatic carbocycles. The maximum Gasteiger partial charge on any atom is 0.168 e. The minimum atomic E-state index is -0.0279. The summed E-state index contributed by atoms with van der Waals surface area (Å²) >= 11 is 3.42. The van der Waals surface area contributed by atoms with Crippen molar-refractivity contribution in [3.8, 4) is 0 Å². The number of aliphatic hydroxyl groups is 1. The Labute approximate surface area is 172 Å². The number of ketones is 1. The SMILES string of the molecule is O=C1CCCC(=Nc2ccc(Br)cc2)/C1=C(\O)Cc1cccc2ccccc12. The van der Waals surface area contributed by atoms with E-state index in [1.165, 1.54) is 0 Å². The highest BCUT2D eigenvalue weighted by Crippen LogP contribution is 2.27. The number of carbonyl (C=O) groups is 1. The van der Waals surface area contributed by atoms with E-state index in [-0.39, 0.29) is 11.5 Å². The standard InChI is InChI=1S/C24H20BrNO2/c25-18-11-13-19(14-12-18)26-21-9-4-10-22(27)24(21)23(28)15-17-7-3-6-16-5-1-2-8-20(16)17/h1-3,5-8,11-14,28H,4,9-10,15H2/b24-23+,26-21?. The third-order valence-electron chi connectivity index (χ3n) is 5.00. The van der Waals surface area contributed by atoms with Gasteiger partial charge in [0.15, 0.2) is 5.78 Å². The molecule has 0 aromatic heterocycles. The second-order valence-electron chi connectivity index (χ2n) is 6.95. The van der Waals surface area contributed by atoms with Crippen molar-refractivity contribution in [3.63, 3.8) is 0 Å². The summed E-state index contributed by atoms with van der Waals surface area (Å²) in [6, 6.07) is 21.7. The molecule has 1 saturated carbocycles. The van der Waals surface area contributed by atoms with E-state index in [9.17, 15) is 9.90 Å². The molecule has 0 spiro atoms. The van der Waals surface area contributed by atoms with Crippen LogP contribution >= 0.6 is 15.9 Å². The number of benzene rings is 3. The molecule has 140 valence electrons. The van der Waals surface area contributed by atoms with Gasteiger partial charge in [-0.25, -0.2) is 0 Å². The van der Waals surface area contributed by atoms with Crippen molar-refractivity contribution >= 4 is 43.9 Å². The van der Waals surface area contributed by atoms with Gasteiger partial charge < -0.3 is 5.11 Å². The fraction of sp³-hybridized carbons (Fsp3) is 0.167. The van der Waals surface area contributed by atoms with Gasteiger partial charge in [-0.15, -0.1) is 0 Å². The smallest absolute Gasteiger partial charge is 0.168 e. The summed E-state index contributed by atoms with van der Waals surface area (Å²) in [5.74, 6) is 0.0803. The Bertz CT molecular complexity index is 1090. The molecule has 3 aromatic rings. The van der Waals surface area contributed by atoms with Crippen LogP contribution in [0.25, 0.3) is 10.8 Å². The molecule has 1 fully saturated rings. The normalized spacial score (nSPS) is 17.9. The number of fused-ring (bicyclic) bond motifs is 1. The summed E-state index contributed by atoms with van der Waals surface area (Å²) in [4.78, 5) is 17.3. The first-order valence-electron chi connectivity index (χ1n) is 9.37. The topological polar surface area (TPSA) is 49.7 Å². The Morgan fingerprint density at radius 3 is 2.54 bits per heavy atom. The molecule has 0 amide bonds. The number of rotatable bonds is 3. The maximum absolute atomic E-state index is 12.6. The number of halogens is 1. The number of aliphatic hydroxyl groups excluding tert-OH is 1. The minimum absolute atomic E-state index is 0.0279. The summed E-state index contributed by atoms with van der Waals surface area (Å²) in [6.45, 7) is 0. The van der Waals surface area contributed by atoms with E-state index in [0.29, 0.717) is 30.5 Å². The van der Waals surface area contributed by atoms with E-state index in [1.54, 1.807) is 0 Å². The first kappa shape index (κ1) is 18.6. The van der Waals surface area contributed by atoms with E-state index in [4.69, 9.17) is 0 Å². The monoisotopic (exact) mass is 433 g/mol. The predicted octanol–water partition coefficient (Wildman–Crippen LogP) is 6.48. The van der Waals surface area contributed by atoms with E-state index < -0.39 is 0 Å². The minimum Gasteiger partial charge on any atom is -0.511 e. The molecular formula is C24H20BrNO2. The van der Waals surface area contributed by atoms with Crippen LogP contribution in [0.1, 0.15) is 24.8 Å². The zero-order valence-electron chi connectivity index (χ0n) is 15.4. The van der Waals surface area contributed by atoms with Crippen LogP contribution in [0.5, 0.6) is 0 Å². The number of nitrogens with zero attached hydrogens (tertiary/aromatic N) is 1. The van der Waals surface area contributed by atoms with Crippen molar-refractivity contribution in [1.29, 1.82) is 0 Å². The first-order valence-corrected chi connectivity index (χ1v) is 10.2. The fourth-order valence-electron chi connectivity index (χ4n) is 3.65. The van der Waals surface area contributed by atoms with Crippen LogP contribution in [0.3, 0.4) is 0 Å². The van der Waals surface area contributed by atoms with Crippen LogP contribution < -0.4 is 0 Å². The van der Waals surface area contributed by atoms with Gasteiger partial charge in [0.05, 0.1) is 17.0 Å². The third-order valence-corrected chi connectivity index (χ3v) is 5.53. The molecule has 0 heterocycles. The molecular weight excluding hydrogens is 414 g/mol. The molecule has 1 aliphatic rings. The van der Waals surface area contributed by atoms with Crippen molar-refractivity contribution < 1.29 is 9.90 Å². The first-order chi connectivity index (χ1) is 13.6. The van der Waals surface area contributed by atoms with Crippen LogP contribution in [0, 0.1) is 0 Å². The van der Waals surface area contributed by atoms with Gasteiger partial charge in [-0.3, -0.25) is 9.79 Å². The molecule has 28 heavy (non-hydrogen) atoms. The van der Waals surface area contributed by atoms with Crippen LogP contribution in [-0.4, -0.2) is 16.6 Å². The zero-order valence-corrected chi connectivity index (χ0v) is 16.9. The fourth-order valence-corrected chi connectivity index (χ4v) is 3.92. The number of aliphatic imine (C=N–C) groups is 1. The maximum atomic E-state index is 12.6. The molecule has 0 radical (unpaired) electrons. The Morgan fingerprint density at radius 1 is 0.964 bits per heavy atom. The van der Waals surface area contributed by atoms with E-state index in [1.807, 2.05) is 54.6 Å². The highest BCUT2D eigenvalue weighted by Gasteiger charge is 2.25. The molecule has 0 aliphatic heterocycles. The Morgan fingerprint density at radius 2 is 1.71 bits per heavy atom. The average molecular weight is 434 g/mol. The molecule has 0 saturated heterocycles. The quantitative estimate of drug-likeness (QED) is 0.379. The van der Waals surface area contributed by atoms with Crippen molar-refractivity contribution in [2.75, 3.05) is 0 Å². The number of allylic oxidation sites excluding steroid dienone is 2. The lowest BCUT2D eigenvalue weighted by atomic mass is 9.88. The lowest BCUT2D eigenvalue weighted by Crippen LogP contribution is -2.21. The molecule has 1 N–H and O–H groups in total. The highest BCUT2D eigenvalue weighted by molar-refractivity contribution is 9.10. The summed E-state index contributed by atoms with van der Waals surface area (Å²) in [6.07, 6.45) is 2.23. The summed E-state index contributed by atoms with van der Waals surface area (Å²) in [5.41, 5.74) is 2.85.